The van der Waals surface area contributed by atoms with E-state index in [4.69, 9.17) is 0 Å². The smallest absolute Gasteiger partial charge is 0.305 e. The first kappa shape index (κ1) is 37.3. The molecule has 0 bridgehead atoms. The van der Waals surface area contributed by atoms with Crippen molar-refractivity contribution in [3.05, 3.63) is 76.5 Å². The van der Waals surface area contributed by atoms with Gasteiger partial charge in [-0.3, -0.25) is 43.4 Å². The van der Waals surface area contributed by atoms with Gasteiger partial charge in [-0.25, -0.2) is 23.5 Å². The number of fused-ring (bicyclic) bond motifs is 2. The number of aromatic nitrogens is 7. The van der Waals surface area contributed by atoms with Crippen LogP contribution >= 0.6 is 0 Å². The number of aryl methyl sites for hydroxylation is 1. The molecular weight excluding hydrogens is 743 g/mol. The molecule has 1 aromatic carbocycles. The monoisotopic (exact) mass is 780 g/mol. The minimum absolute atomic E-state index is 0.0591. The minimum atomic E-state index is -4.75. The number of pyridine rings is 1. The maximum absolute atomic E-state index is 16.1. The Balaban J connectivity index is 0.889. The Morgan fingerprint density at radius 3 is 2.55 bits per heavy atom. The number of nitrogens with zero attached hydrogens (tertiary/aromatic N) is 8. The summed E-state index contributed by atoms with van der Waals surface area (Å²) >= 11 is 0. The van der Waals surface area contributed by atoms with Crippen molar-refractivity contribution >= 4 is 45.5 Å². The number of amides is 3. The molecule has 1 unspecified atom stereocenters. The van der Waals surface area contributed by atoms with Crippen LogP contribution in [0.3, 0.4) is 0 Å². The number of imide groups is 1. The Morgan fingerprint density at radius 1 is 1.04 bits per heavy atom. The molecule has 0 spiro atoms. The van der Waals surface area contributed by atoms with Crippen LogP contribution in [0.25, 0.3) is 21.9 Å². The zero-order chi connectivity index (χ0) is 39.5. The fourth-order valence-corrected chi connectivity index (χ4v) is 8.48. The van der Waals surface area contributed by atoms with E-state index in [9.17, 15) is 32.3 Å². The van der Waals surface area contributed by atoms with Crippen molar-refractivity contribution in [1.82, 2.24) is 44.1 Å². The lowest BCUT2D eigenvalue weighted by Gasteiger charge is -2.41. The summed E-state index contributed by atoms with van der Waals surface area (Å²) in [5.74, 6) is -5.79. The first-order valence-corrected chi connectivity index (χ1v) is 18.4. The second kappa shape index (κ2) is 14.2. The van der Waals surface area contributed by atoms with Gasteiger partial charge in [-0.1, -0.05) is 12.1 Å². The second-order valence-corrected chi connectivity index (χ2v) is 14.9. The van der Waals surface area contributed by atoms with Gasteiger partial charge in [-0.2, -0.15) is 18.3 Å². The van der Waals surface area contributed by atoms with Crippen LogP contribution in [-0.4, -0.2) is 82.0 Å². The van der Waals surface area contributed by atoms with Crippen molar-refractivity contribution in [2.75, 3.05) is 25.0 Å². The normalized spacial score (nSPS) is 23.4. The van der Waals surface area contributed by atoms with E-state index in [1.807, 2.05) is 15.8 Å². The molecular formula is C37H37F5N10O4. The van der Waals surface area contributed by atoms with E-state index in [-0.39, 0.29) is 37.0 Å². The number of anilines is 1. The predicted octanol–water partition coefficient (Wildman–Crippen LogP) is 4.98. The van der Waals surface area contributed by atoms with Crippen LogP contribution in [0.4, 0.5) is 27.8 Å². The number of piperidine rings is 2. The number of halogens is 5. The number of carbonyl (C=O) groups excluding carboxylic acids is 3. The number of benzene rings is 1. The molecule has 3 fully saturated rings. The number of alkyl halides is 5. The van der Waals surface area contributed by atoms with Gasteiger partial charge in [0.1, 0.15) is 23.1 Å². The molecule has 2 aliphatic heterocycles. The fraction of sp³-hybridized carbons (Fsp3) is 0.459. The van der Waals surface area contributed by atoms with Crippen molar-refractivity contribution in [2.24, 2.45) is 13.0 Å². The number of rotatable bonds is 7. The third kappa shape index (κ3) is 7.03. The molecule has 1 saturated carbocycles. The van der Waals surface area contributed by atoms with E-state index in [0.29, 0.717) is 46.8 Å². The highest BCUT2D eigenvalue weighted by atomic mass is 19.4. The maximum Gasteiger partial charge on any atom is 0.434 e. The van der Waals surface area contributed by atoms with Gasteiger partial charge in [0.05, 0.1) is 48.1 Å². The molecule has 5 aromatic rings. The number of likely N-dealkylation sites (tertiary alicyclic amines) is 1. The molecule has 2 N–H and O–H groups in total. The number of para-hydroxylation sites is 1. The molecule has 14 nitrogen and oxygen atoms in total. The number of carbonyl (C=O) groups is 3. The molecule has 3 amide bonds. The van der Waals surface area contributed by atoms with Crippen LogP contribution in [0.2, 0.25) is 0 Å². The van der Waals surface area contributed by atoms with E-state index in [1.165, 1.54) is 22.4 Å². The Labute approximate surface area is 315 Å². The zero-order valence-electron chi connectivity index (χ0n) is 30.1. The number of hydrogen-bond acceptors (Lipinski definition) is 9. The van der Waals surface area contributed by atoms with Crippen LogP contribution in [0, 0.1) is 5.92 Å². The van der Waals surface area contributed by atoms with Gasteiger partial charge in [0.25, 0.3) is 11.8 Å². The SMILES string of the molecule is Cn1c(=O)n(C2CCC(=O)NC2=O)c2cccc([C@@H]3CCN(CC4CCC(n5cc6cc(NC(=O)c7cncc(C(F)(F)F)n7)ncc6n5)CC4)CC3(F)F)c21. The number of hydrogen-bond donors (Lipinski definition) is 2. The molecule has 3 aliphatic rings. The lowest BCUT2D eigenvalue weighted by Crippen LogP contribution is -2.49. The Hall–Kier alpha value is -5.59. The average molecular weight is 781 g/mol. The molecule has 1 aliphatic carbocycles. The maximum atomic E-state index is 16.1. The van der Waals surface area contributed by atoms with Crippen LogP contribution < -0.4 is 16.3 Å². The highest BCUT2D eigenvalue weighted by Gasteiger charge is 2.47. The van der Waals surface area contributed by atoms with Crippen LogP contribution in [0.5, 0.6) is 0 Å². The predicted molar refractivity (Wildman–Crippen MR) is 191 cm³/mol. The molecule has 0 radical (unpaired) electrons. The number of imidazole rings is 1. The quantitative estimate of drug-likeness (QED) is 0.172. The molecule has 294 valence electrons. The Kier molecular flexibility index (Phi) is 9.45. The fourth-order valence-electron chi connectivity index (χ4n) is 8.48. The van der Waals surface area contributed by atoms with Gasteiger partial charge in [-0.05, 0) is 68.7 Å². The highest BCUT2D eigenvalue weighted by Crippen LogP contribution is 2.44. The lowest BCUT2D eigenvalue weighted by atomic mass is 9.83. The van der Waals surface area contributed by atoms with E-state index in [0.717, 1.165) is 31.9 Å². The van der Waals surface area contributed by atoms with Crippen molar-refractivity contribution in [3.63, 3.8) is 0 Å². The highest BCUT2D eigenvalue weighted by molar-refractivity contribution is 6.03. The average Bonchev–Trinajstić information content (AvgIpc) is 3.69. The van der Waals surface area contributed by atoms with Crippen LogP contribution in [-0.2, 0) is 22.8 Å². The summed E-state index contributed by atoms with van der Waals surface area (Å²) in [4.78, 5) is 63.2. The van der Waals surface area contributed by atoms with E-state index < -0.39 is 65.4 Å². The van der Waals surface area contributed by atoms with Gasteiger partial charge in [-0.15, -0.1) is 0 Å². The molecule has 2 atom stereocenters. The third-order valence-electron chi connectivity index (χ3n) is 11.2. The van der Waals surface area contributed by atoms with Gasteiger partial charge >= 0.3 is 11.9 Å². The summed E-state index contributed by atoms with van der Waals surface area (Å²) in [6.45, 7) is 0.551. The molecule has 6 heterocycles. The summed E-state index contributed by atoms with van der Waals surface area (Å²) < 4.78 is 75.7. The standard InChI is InChI=1S/C37H37F5N10O4/c1-49-32-23(3-2-4-27(32)52(35(49)56)28-9-10-31(53)47-34(28)55)24-11-12-50(19-36(24,38)39)17-20-5-7-22(8-6-20)51-18-21-13-30(44-15-25(21)48-51)46-33(54)26-14-43-16-29(45-26)37(40,41)42/h2-4,13-16,18,20,22,24,28H,5-12,17,19H2,1H3,(H,46,54)(H,47,53,55)/t20?,22?,24-,28?/m0/s1. The molecule has 8 rings (SSSR count). The van der Waals surface area contributed by atoms with Crippen LogP contribution in [0.15, 0.2) is 53.8 Å². The Morgan fingerprint density at radius 2 is 1.82 bits per heavy atom. The molecule has 19 heteroatoms. The van der Waals surface area contributed by atoms with Gasteiger partial charge < -0.3 is 5.32 Å². The number of nitrogens with one attached hydrogen (secondary N) is 2. The van der Waals surface area contributed by atoms with Crippen molar-refractivity contribution in [2.45, 2.75) is 75.0 Å². The minimum Gasteiger partial charge on any atom is -0.305 e. The molecule has 2 saturated heterocycles. The van der Waals surface area contributed by atoms with E-state index in [1.54, 1.807) is 24.3 Å². The lowest BCUT2D eigenvalue weighted by molar-refractivity contribution is -0.141. The van der Waals surface area contributed by atoms with Gasteiger partial charge in [0.15, 0.2) is 5.69 Å². The summed E-state index contributed by atoms with van der Waals surface area (Å²) in [7, 11) is 1.52. The van der Waals surface area contributed by atoms with Gasteiger partial charge in [0, 0.05) is 31.6 Å². The van der Waals surface area contributed by atoms with E-state index in [2.05, 4.69) is 30.7 Å². The molecule has 4 aromatic heterocycles. The second-order valence-electron chi connectivity index (χ2n) is 14.9. The summed E-state index contributed by atoms with van der Waals surface area (Å²) in [5.41, 5.74) is -0.610. The van der Waals surface area contributed by atoms with Crippen molar-refractivity contribution < 1.29 is 36.3 Å². The first-order chi connectivity index (χ1) is 26.7. The molecule has 56 heavy (non-hydrogen) atoms. The summed E-state index contributed by atoms with van der Waals surface area (Å²) in [6, 6.07) is 5.64. The van der Waals surface area contributed by atoms with E-state index >= 15 is 8.78 Å². The topological polar surface area (TPSA) is 162 Å². The van der Waals surface area contributed by atoms with Crippen molar-refractivity contribution in [1.29, 1.82) is 0 Å². The summed E-state index contributed by atoms with van der Waals surface area (Å²) in [5, 5.41) is 10.0. The Bertz CT molecular complexity index is 2420. The van der Waals surface area contributed by atoms with Gasteiger partial charge in [0.2, 0.25) is 11.8 Å². The third-order valence-corrected chi connectivity index (χ3v) is 11.2. The van der Waals surface area contributed by atoms with Crippen molar-refractivity contribution in [3.8, 4) is 0 Å². The van der Waals surface area contributed by atoms with Crippen LogP contribution in [0.1, 0.15) is 84.7 Å². The zero-order valence-corrected chi connectivity index (χ0v) is 30.1. The first-order valence-electron chi connectivity index (χ1n) is 18.4. The largest absolute Gasteiger partial charge is 0.434 e. The summed E-state index contributed by atoms with van der Waals surface area (Å²) in [6.07, 6.45) is 3.57.